The van der Waals surface area contributed by atoms with Crippen LogP contribution in [0.2, 0.25) is 0 Å². The summed E-state index contributed by atoms with van der Waals surface area (Å²) in [7, 11) is 0. The van der Waals surface area contributed by atoms with Crippen LogP contribution >= 0.6 is 0 Å². The number of ether oxygens (including phenoxy) is 1. The van der Waals surface area contributed by atoms with Gasteiger partial charge in [0.15, 0.2) is 0 Å². The fourth-order valence-corrected chi connectivity index (χ4v) is 1.98. The first-order valence-electron chi connectivity index (χ1n) is 5.89. The number of nitrogens with zero attached hydrogens (tertiary/aromatic N) is 1. The number of benzene rings is 1. The van der Waals surface area contributed by atoms with Crippen LogP contribution in [-0.4, -0.2) is 37.7 Å². The van der Waals surface area contributed by atoms with Crippen molar-refractivity contribution in [2.45, 2.75) is 12.8 Å². The standard InChI is InChI=1S/C13H18FNO/c14-13-5-3-12(4-6-13)2-1-7-15-8-10-16-11-9-15/h3-6H,1-2,7-11H2. The van der Waals surface area contributed by atoms with Crippen LogP contribution in [0, 0.1) is 5.82 Å². The third kappa shape index (κ3) is 3.58. The highest BCUT2D eigenvalue weighted by Gasteiger charge is 2.09. The molecule has 0 aliphatic carbocycles. The van der Waals surface area contributed by atoms with Crippen LogP contribution in [0.4, 0.5) is 4.39 Å². The van der Waals surface area contributed by atoms with Gasteiger partial charge in [0.05, 0.1) is 13.2 Å². The summed E-state index contributed by atoms with van der Waals surface area (Å²) in [6.07, 6.45) is 2.16. The van der Waals surface area contributed by atoms with Gasteiger partial charge < -0.3 is 4.74 Å². The van der Waals surface area contributed by atoms with Crippen molar-refractivity contribution >= 4 is 0 Å². The zero-order valence-electron chi connectivity index (χ0n) is 9.49. The Hall–Kier alpha value is -0.930. The van der Waals surface area contributed by atoms with Crippen molar-refractivity contribution in [1.82, 2.24) is 4.90 Å². The Labute approximate surface area is 96.0 Å². The first-order chi connectivity index (χ1) is 7.84. The van der Waals surface area contributed by atoms with Crippen LogP contribution < -0.4 is 0 Å². The molecule has 88 valence electrons. The molecular formula is C13H18FNO. The maximum Gasteiger partial charge on any atom is 0.123 e. The van der Waals surface area contributed by atoms with Gasteiger partial charge in [0.25, 0.3) is 0 Å². The Morgan fingerprint density at radius 2 is 1.81 bits per heavy atom. The van der Waals surface area contributed by atoms with Crippen LogP contribution in [0.25, 0.3) is 0 Å². The summed E-state index contributed by atoms with van der Waals surface area (Å²) in [5.41, 5.74) is 1.22. The van der Waals surface area contributed by atoms with Gasteiger partial charge in [-0.1, -0.05) is 12.1 Å². The van der Waals surface area contributed by atoms with Gasteiger partial charge in [-0.15, -0.1) is 0 Å². The molecule has 0 bridgehead atoms. The molecule has 0 radical (unpaired) electrons. The number of halogens is 1. The predicted octanol–water partition coefficient (Wildman–Crippen LogP) is 2.09. The monoisotopic (exact) mass is 223 g/mol. The quantitative estimate of drug-likeness (QED) is 0.775. The highest BCUT2D eigenvalue weighted by molar-refractivity contribution is 5.15. The molecule has 1 fully saturated rings. The number of hydrogen-bond donors (Lipinski definition) is 0. The second kappa shape index (κ2) is 5.97. The maximum absolute atomic E-state index is 12.7. The van der Waals surface area contributed by atoms with Gasteiger partial charge >= 0.3 is 0 Å². The zero-order valence-corrected chi connectivity index (χ0v) is 9.49. The van der Waals surface area contributed by atoms with E-state index < -0.39 is 0 Å². The van der Waals surface area contributed by atoms with Crippen LogP contribution in [0.5, 0.6) is 0 Å². The highest BCUT2D eigenvalue weighted by atomic mass is 19.1. The summed E-state index contributed by atoms with van der Waals surface area (Å²) in [5, 5.41) is 0. The van der Waals surface area contributed by atoms with E-state index in [1.54, 1.807) is 0 Å². The van der Waals surface area contributed by atoms with Crippen LogP contribution in [0.3, 0.4) is 0 Å². The molecule has 0 aromatic heterocycles. The van der Waals surface area contributed by atoms with Crippen LogP contribution in [0.15, 0.2) is 24.3 Å². The molecule has 16 heavy (non-hydrogen) atoms. The Morgan fingerprint density at radius 3 is 2.50 bits per heavy atom. The predicted molar refractivity (Wildman–Crippen MR) is 62.0 cm³/mol. The van der Waals surface area contributed by atoms with E-state index in [2.05, 4.69) is 4.90 Å². The van der Waals surface area contributed by atoms with Gasteiger partial charge in [-0.25, -0.2) is 4.39 Å². The Kier molecular flexibility index (Phi) is 4.31. The van der Waals surface area contributed by atoms with Crippen molar-refractivity contribution in [2.24, 2.45) is 0 Å². The zero-order chi connectivity index (χ0) is 11.2. The molecule has 0 spiro atoms. The molecular weight excluding hydrogens is 205 g/mol. The number of rotatable bonds is 4. The highest BCUT2D eigenvalue weighted by Crippen LogP contribution is 2.06. The molecule has 1 aromatic carbocycles. The molecule has 1 aromatic rings. The van der Waals surface area contributed by atoms with E-state index in [0.29, 0.717) is 0 Å². The fourth-order valence-electron chi connectivity index (χ4n) is 1.98. The lowest BCUT2D eigenvalue weighted by Crippen LogP contribution is -2.36. The summed E-state index contributed by atoms with van der Waals surface area (Å²) in [6, 6.07) is 6.80. The molecule has 2 nitrogen and oxygen atoms in total. The minimum atomic E-state index is -0.156. The average molecular weight is 223 g/mol. The van der Waals surface area contributed by atoms with Gasteiger partial charge in [0, 0.05) is 13.1 Å². The van der Waals surface area contributed by atoms with E-state index in [4.69, 9.17) is 4.74 Å². The number of morpholine rings is 1. The van der Waals surface area contributed by atoms with E-state index in [1.165, 1.54) is 17.7 Å². The summed E-state index contributed by atoms with van der Waals surface area (Å²) in [5.74, 6) is -0.156. The van der Waals surface area contributed by atoms with E-state index in [1.807, 2.05) is 12.1 Å². The minimum Gasteiger partial charge on any atom is -0.379 e. The van der Waals surface area contributed by atoms with E-state index in [0.717, 1.165) is 45.7 Å². The summed E-state index contributed by atoms with van der Waals surface area (Å²) in [6.45, 7) is 4.92. The Bertz CT molecular complexity index is 306. The van der Waals surface area contributed by atoms with Gasteiger partial charge in [-0.05, 0) is 37.1 Å². The van der Waals surface area contributed by atoms with Gasteiger partial charge in [-0.2, -0.15) is 0 Å². The third-order valence-corrected chi connectivity index (χ3v) is 2.96. The largest absolute Gasteiger partial charge is 0.379 e. The minimum absolute atomic E-state index is 0.156. The average Bonchev–Trinajstić information content (AvgIpc) is 2.33. The molecule has 1 heterocycles. The molecule has 1 aliphatic heterocycles. The summed E-state index contributed by atoms with van der Waals surface area (Å²) < 4.78 is 18.0. The smallest absolute Gasteiger partial charge is 0.123 e. The molecule has 1 saturated heterocycles. The van der Waals surface area contributed by atoms with Crippen LogP contribution in [0.1, 0.15) is 12.0 Å². The normalized spacial score (nSPS) is 17.6. The molecule has 2 rings (SSSR count). The van der Waals surface area contributed by atoms with Crippen molar-refractivity contribution in [3.63, 3.8) is 0 Å². The second-order valence-electron chi connectivity index (χ2n) is 4.18. The molecule has 3 heteroatoms. The molecule has 0 saturated carbocycles. The first-order valence-corrected chi connectivity index (χ1v) is 5.89. The first kappa shape index (κ1) is 11.6. The van der Waals surface area contributed by atoms with Crippen LogP contribution in [-0.2, 0) is 11.2 Å². The Balaban J connectivity index is 1.69. The van der Waals surface area contributed by atoms with Crippen molar-refractivity contribution in [2.75, 3.05) is 32.8 Å². The maximum atomic E-state index is 12.7. The lowest BCUT2D eigenvalue weighted by Gasteiger charge is -2.26. The van der Waals surface area contributed by atoms with E-state index in [9.17, 15) is 4.39 Å². The summed E-state index contributed by atoms with van der Waals surface area (Å²) >= 11 is 0. The van der Waals surface area contributed by atoms with Crippen molar-refractivity contribution < 1.29 is 9.13 Å². The SMILES string of the molecule is Fc1ccc(CCCN2CCOCC2)cc1. The topological polar surface area (TPSA) is 12.5 Å². The van der Waals surface area contributed by atoms with Crippen molar-refractivity contribution in [3.05, 3.63) is 35.6 Å². The third-order valence-electron chi connectivity index (χ3n) is 2.96. The van der Waals surface area contributed by atoms with E-state index in [-0.39, 0.29) is 5.82 Å². The van der Waals surface area contributed by atoms with Gasteiger partial charge in [0.2, 0.25) is 0 Å². The number of hydrogen-bond acceptors (Lipinski definition) is 2. The molecule has 0 amide bonds. The second-order valence-corrected chi connectivity index (χ2v) is 4.18. The molecule has 0 unspecified atom stereocenters. The van der Waals surface area contributed by atoms with Crippen molar-refractivity contribution in [3.8, 4) is 0 Å². The molecule has 0 N–H and O–H groups in total. The molecule has 0 atom stereocenters. The van der Waals surface area contributed by atoms with E-state index >= 15 is 0 Å². The lowest BCUT2D eigenvalue weighted by atomic mass is 10.1. The van der Waals surface area contributed by atoms with Gasteiger partial charge in [-0.3, -0.25) is 4.90 Å². The lowest BCUT2D eigenvalue weighted by molar-refractivity contribution is 0.0374. The van der Waals surface area contributed by atoms with Crippen molar-refractivity contribution in [1.29, 1.82) is 0 Å². The van der Waals surface area contributed by atoms with Gasteiger partial charge in [0.1, 0.15) is 5.82 Å². The molecule has 1 aliphatic rings. The fraction of sp³-hybridized carbons (Fsp3) is 0.538. The summed E-state index contributed by atoms with van der Waals surface area (Å²) in [4.78, 5) is 2.42. The number of aryl methyl sites for hydroxylation is 1. The Morgan fingerprint density at radius 1 is 1.12 bits per heavy atom.